The van der Waals surface area contributed by atoms with Crippen LogP contribution in [0.15, 0.2) is 5.38 Å². The van der Waals surface area contributed by atoms with Gasteiger partial charge in [-0.25, -0.2) is 14.2 Å². The summed E-state index contributed by atoms with van der Waals surface area (Å²) in [4.78, 5) is 28.0. The number of alkyl halides is 1. The van der Waals surface area contributed by atoms with E-state index < -0.39 is 24.7 Å². The van der Waals surface area contributed by atoms with Gasteiger partial charge in [0.05, 0.1) is 11.7 Å². The topological polar surface area (TPSA) is 83.1 Å². The average molecular weight is 344 g/mol. The van der Waals surface area contributed by atoms with Crippen LogP contribution in [0.5, 0.6) is 0 Å². The van der Waals surface area contributed by atoms with Crippen molar-refractivity contribution in [1.29, 1.82) is 0 Å². The lowest BCUT2D eigenvalue weighted by Crippen LogP contribution is -2.49. The number of carbonyl (C=O) groups excluding carboxylic acids is 2. The molecule has 0 saturated carbocycles. The van der Waals surface area contributed by atoms with E-state index in [4.69, 9.17) is 0 Å². The first-order chi connectivity index (χ1) is 10.6. The third-order valence-corrected chi connectivity index (χ3v) is 4.17. The number of rotatable bonds is 6. The third-order valence-electron chi connectivity index (χ3n) is 3.14. The zero-order valence-corrected chi connectivity index (χ0v) is 15.0. The number of carbonyl (C=O) groups is 2. The molecule has 0 aliphatic rings. The summed E-state index contributed by atoms with van der Waals surface area (Å²) in [7, 11) is 0. The van der Waals surface area contributed by atoms with Gasteiger partial charge in [-0.3, -0.25) is 4.79 Å². The fraction of sp³-hybridized carbons (Fsp3) is 0.667. The lowest BCUT2D eigenvalue weighted by atomic mass is 9.93. The molecule has 0 spiro atoms. The van der Waals surface area contributed by atoms with Crippen molar-refractivity contribution in [3.63, 3.8) is 0 Å². The Hall–Kier alpha value is -1.70. The number of urea groups is 1. The number of nitrogens with one attached hydrogen (secondary N) is 3. The largest absolute Gasteiger partial charge is 0.352 e. The Morgan fingerprint density at radius 3 is 2.48 bits per heavy atom. The van der Waals surface area contributed by atoms with E-state index in [1.807, 2.05) is 12.3 Å². The highest BCUT2D eigenvalue weighted by Gasteiger charge is 2.21. The molecule has 0 aromatic carbocycles. The first kappa shape index (κ1) is 19.3. The smallest absolute Gasteiger partial charge is 0.315 e. The number of thiazole rings is 1. The maximum Gasteiger partial charge on any atom is 0.315 e. The van der Waals surface area contributed by atoms with Crippen molar-refractivity contribution < 1.29 is 14.0 Å². The van der Waals surface area contributed by atoms with Gasteiger partial charge < -0.3 is 16.0 Å². The van der Waals surface area contributed by atoms with E-state index >= 15 is 0 Å². The van der Waals surface area contributed by atoms with Crippen LogP contribution in [0.4, 0.5) is 9.18 Å². The minimum atomic E-state index is -0.741. The first-order valence-electron chi connectivity index (χ1n) is 7.51. The summed E-state index contributed by atoms with van der Waals surface area (Å²) in [5.74, 6) is -0.422. The predicted octanol–water partition coefficient (Wildman–Crippen LogP) is 2.28. The molecule has 6 nitrogen and oxygen atoms in total. The molecule has 3 N–H and O–H groups in total. The normalized spacial score (nSPS) is 14.0. The molecule has 1 aromatic heterocycles. The fourth-order valence-electron chi connectivity index (χ4n) is 1.72. The van der Waals surface area contributed by atoms with Crippen molar-refractivity contribution in [2.45, 2.75) is 52.1 Å². The summed E-state index contributed by atoms with van der Waals surface area (Å²) >= 11 is 1.49. The van der Waals surface area contributed by atoms with Crippen LogP contribution >= 0.6 is 11.3 Å². The van der Waals surface area contributed by atoms with Crippen LogP contribution in [0.3, 0.4) is 0 Å². The highest BCUT2D eigenvalue weighted by atomic mass is 32.1. The van der Waals surface area contributed by atoms with Crippen LogP contribution in [0.25, 0.3) is 0 Å². The minimum absolute atomic E-state index is 0.0419. The molecular formula is C15H25FN4O2S. The Labute approximate surface area is 140 Å². The molecule has 0 aliphatic heterocycles. The number of amides is 3. The highest BCUT2D eigenvalue weighted by molar-refractivity contribution is 7.09. The average Bonchev–Trinajstić information content (AvgIpc) is 2.94. The fourth-order valence-corrected chi connectivity index (χ4v) is 2.77. The maximum absolute atomic E-state index is 12.0. The Kier molecular flexibility index (Phi) is 6.93. The van der Waals surface area contributed by atoms with Crippen LogP contribution in [-0.4, -0.2) is 36.2 Å². The molecule has 0 fully saturated rings. The lowest BCUT2D eigenvalue weighted by molar-refractivity contribution is -0.122. The second-order valence-corrected chi connectivity index (χ2v) is 7.25. The standard InChI is InChI=1S/C15H25FN4O2S/c1-9(12(21)17-7-6-16)18-14(22)19-10(2)13-20-11(8-23-13)15(3,4)5/h8-10H,6-7H2,1-5H3,(H,17,21)(H2,18,19,22)/t9-,10-/m0/s1. The molecule has 3 amide bonds. The molecule has 0 radical (unpaired) electrons. The van der Waals surface area contributed by atoms with Gasteiger partial charge >= 0.3 is 6.03 Å². The van der Waals surface area contributed by atoms with Crippen molar-refractivity contribution >= 4 is 23.3 Å². The van der Waals surface area contributed by atoms with Crippen LogP contribution < -0.4 is 16.0 Å². The number of aromatic nitrogens is 1. The zero-order valence-electron chi connectivity index (χ0n) is 14.2. The van der Waals surface area contributed by atoms with Gasteiger partial charge in [-0.1, -0.05) is 20.8 Å². The van der Waals surface area contributed by atoms with Gasteiger partial charge in [0, 0.05) is 17.3 Å². The molecule has 0 bridgehead atoms. The van der Waals surface area contributed by atoms with E-state index in [0.29, 0.717) is 0 Å². The monoisotopic (exact) mass is 344 g/mol. The highest BCUT2D eigenvalue weighted by Crippen LogP contribution is 2.26. The van der Waals surface area contributed by atoms with Gasteiger partial charge in [0.1, 0.15) is 17.7 Å². The Bertz CT molecular complexity index is 542. The van der Waals surface area contributed by atoms with Crippen molar-refractivity contribution in [2.75, 3.05) is 13.2 Å². The molecule has 1 aromatic rings. The number of hydrogen-bond donors (Lipinski definition) is 3. The van der Waals surface area contributed by atoms with E-state index in [9.17, 15) is 14.0 Å². The number of halogens is 1. The Balaban J connectivity index is 2.53. The van der Waals surface area contributed by atoms with Gasteiger partial charge in [-0.2, -0.15) is 0 Å². The van der Waals surface area contributed by atoms with E-state index in [2.05, 4.69) is 41.7 Å². The van der Waals surface area contributed by atoms with E-state index in [1.54, 1.807) is 6.92 Å². The summed E-state index contributed by atoms with van der Waals surface area (Å²) in [6.07, 6.45) is 0. The molecule has 1 rings (SSSR count). The summed E-state index contributed by atoms with van der Waals surface area (Å²) in [6.45, 7) is 8.91. The molecule has 1 heterocycles. The van der Waals surface area contributed by atoms with Crippen molar-refractivity contribution in [3.8, 4) is 0 Å². The van der Waals surface area contributed by atoms with Gasteiger partial charge in [0.15, 0.2) is 0 Å². The van der Waals surface area contributed by atoms with Gasteiger partial charge in [-0.05, 0) is 13.8 Å². The first-order valence-corrected chi connectivity index (χ1v) is 8.39. The van der Waals surface area contributed by atoms with Crippen LogP contribution in [0.1, 0.15) is 51.4 Å². The number of hydrogen-bond acceptors (Lipinski definition) is 4. The quantitative estimate of drug-likeness (QED) is 0.740. The van der Waals surface area contributed by atoms with E-state index in [0.717, 1.165) is 10.7 Å². The number of nitrogens with zero attached hydrogens (tertiary/aromatic N) is 1. The van der Waals surface area contributed by atoms with E-state index in [1.165, 1.54) is 11.3 Å². The summed E-state index contributed by atoms with van der Waals surface area (Å²) < 4.78 is 12.0. The maximum atomic E-state index is 12.0. The van der Waals surface area contributed by atoms with Crippen molar-refractivity contribution in [2.24, 2.45) is 0 Å². The summed E-state index contributed by atoms with van der Waals surface area (Å²) in [5.41, 5.74) is 0.935. The van der Waals surface area contributed by atoms with Crippen LogP contribution in [-0.2, 0) is 10.2 Å². The predicted molar refractivity (Wildman–Crippen MR) is 89.3 cm³/mol. The SMILES string of the molecule is C[C@H](NC(=O)N[C@@H](C)c1nc(C(C)(C)C)cs1)C(=O)NCCF. The van der Waals surface area contributed by atoms with Gasteiger partial charge in [0.2, 0.25) is 5.91 Å². The second kappa shape index (κ2) is 8.24. The van der Waals surface area contributed by atoms with Crippen LogP contribution in [0.2, 0.25) is 0 Å². The minimum Gasteiger partial charge on any atom is -0.352 e. The van der Waals surface area contributed by atoms with Gasteiger partial charge in [0.25, 0.3) is 0 Å². The second-order valence-electron chi connectivity index (χ2n) is 6.36. The molecule has 0 unspecified atom stereocenters. The molecule has 0 saturated heterocycles. The lowest BCUT2D eigenvalue weighted by Gasteiger charge is -2.17. The molecule has 0 aliphatic carbocycles. The molecular weight excluding hydrogens is 319 g/mol. The van der Waals surface area contributed by atoms with Crippen molar-refractivity contribution in [3.05, 3.63) is 16.1 Å². The third kappa shape index (κ3) is 6.13. The zero-order chi connectivity index (χ0) is 17.6. The van der Waals surface area contributed by atoms with Gasteiger partial charge in [-0.15, -0.1) is 11.3 Å². The molecule has 8 heteroatoms. The molecule has 23 heavy (non-hydrogen) atoms. The summed E-state index contributed by atoms with van der Waals surface area (Å²) in [5, 5.41) is 10.4. The molecule has 2 atom stereocenters. The van der Waals surface area contributed by atoms with E-state index in [-0.39, 0.29) is 18.0 Å². The van der Waals surface area contributed by atoms with Crippen molar-refractivity contribution in [1.82, 2.24) is 20.9 Å². The van der Waals surface area contributed by atoms with Crippen LogP contribution in [0, 0.1) is 0 Å². The Morgan fingerprint density at radius 2 is 1.96 bits per heavy atom. The molecule has 130 valence electrons. The Morgan fingerprint density at radius 1 is 1.30 bits per heavy atom. The summed E-state index contributed by atoms with van der Waals surface area (Å²) in [6, 6.07) is -1.47.